The van der Waals surface area contributed by atoms with E-state index in [1.807, 2.05) is 18.2 Å². The first-order valence-electron chi connectivity index (χ1n) is 8.27. The predicted molar refractivity (Wildman–Crippen MR) is 96.5 cm³/mol. The largest absolute Gasteiger partial charge is 0.467 e. The molecule has 0 spiro atoms. The molecule has 0 atom stereocenters. The van der Waals surface area contributed by atoms with Gasteiger partial charge in [-0.3, -0.25) is 0 Å². The van der Waals surface area contributed by atoms with Crippen LogP contribution in [0.4, 0.5) is 17.5 Å². The van der Waals surface area contributed by atoms with E-state index in [4.69, 9.17) is 4.42 Å². The van der Waals surface area contributed by atoms with Gasteiger partial charge in [-0.1, -0.05) is 32.0 Å². The highest BCUT2D eigenvalue weighted by atomic mass is 16.3. The summed E-state index contributed by atoms with van der Waals surface area (Å²) in [4.78, 5) is 8.81. The van der Waals surface area contributed by atoms with Crippen molar-refractivity contribution < 1.29 is 4.42 Å². The first kappa shape index (κ1) is 16.1. The highest BCUT2D eigenvalue weighted by molar-refractivity contribution is 5.65. The Hall–Kier alpha value is -2.82. The van der Waals surface area contributed by atoms with Crippen molar-refractivity contribution in [1.82, 2.24) is 9.97 Å². The van der Waals surface area contributed by atoms with Crippen molar-refractivity contribution in [3.63, 3.8) is 0 Å². The molecular formula is C19H22N4O. The number of hydrogen-bond donors (Lipinski definition) is 2. The van der Waals surface area contributed by atoms with Crippen molar-refractivity contribution in [3.05, 3.63) is 65.7 Å². The molecule has 24 heavy (non-hydrogen) atoms. The average molecular weight is 322 g/mol. The van der Waals surface area contributed by atoms with E-state index in [2.05, 4.69) is 52.6 Å². The van der Waals surface area contributed by atoms with Crippen LogP contribution in [0, 0.1) is 0 Å². The molecule has 0 aliphatic carbocycles. The van der Waals surface area contributed by atoms with Crippen LogP contribution in [-0.4, -0.2) is 9.97 Å². The van der Waals surface area contributed by atoms with E-state index in [0.717, 1.165) is 30.1 Å². The number of nitrogens with zero attached hydrogens (tertiary/aromatic N) is 2. The molecule has 2 aromatic heterocycles. The maximum atomic E-state index is 5.31. The standard InChI is InChI=1S/C19H22N4O/c1-3-14-7-5-8-15(4-2)18(14)22-17-10-11-20-19(23-17)21-13-16-9-6-12-24-16/h5-12H,3-4,13H2,1-2H3,(H2,20,21,22,23). The maximum absolute atomic E-state index is 5.31. The SMILES string of the molecule is CCc1cccc(CC)c1Nc1ccnc(NCc2ccco2)n1. The molecule has 0 saturated heterocycles. The van der Waals surface area contributed by atoms with Crippen molar-refractivity contribution >= 4 is 17.5 Å². The van der Waals surface area contributed by atoms with Gasteiger partial charge in [0.15, 0.2) is 0 Å². The first-order chi connectivity index (χ1) is 11.8. The Labute approximate surface area is 142 Å². The zero-order valence-electron chi connectivity index (χ0n) is 14.0. The lowest BCUT2D eigenvalue weighted by atomic mass is 10.0. The fourth-order valence-corrected chi connectivity index (χ4v) is 2.62. The van der Waals surface area contributed by atoms with Gasteiger partial charge in [0.2, 0.25) is 5.95 Å². The minimum absolute atomic E-state index is 0.558. The number of nitrogens with one attached hydrogen (secondary N) is 2. The molecule has 2 heterocycles. The molecule has 1 aromatic carbocycles. The lowest BCUT2D eigenvalue weighted by molar-refractivity contribution is 0.517. The lowest BCUT2D eigenvalue weighted by Gasteiger charge is -2.15. The molecule has 3 aromatic rings. The summed E-state index contributed by atoms with van der Waals surface area (Å²) >= 11 is 0. The van der Waals surface area contributed by atoms with Gasteiger partial charge >= 0.3 is 0 Å². The molecular weight excluding hydrogens is 300 g/mol. The average Bonchev–Trinajstić information content (AvgIpc) is 3.14. The molecule has 0 fully saturated rings. The molecule has 0 aliphatic heterocycles. The van der Waals surface area contributed by atoms with Gasteiger partial charge in [-0.2, -0.15) is 4.98 Å². The number of para-hydroxylation sites is 1. The zero-order valence-corrected chi connectivity index (χ0v) is 14.0. The van der Waals surface area contributed by atoms with Crippen molar-refractivity contribution in [2.45, 2.75) is 33.2 Å². The summed E-state index contributed by atoms with van der Waals surface area (Å²) in [7, 11) is 0. The summed E-state index contributed by atoms with van der Waals surface area (Å²) in [6, 6.07) is 12.1. The molecule has 3 rings (SSSR count). The van der Waals surface area contributed by atoms with Gasteiger partial charge in [0.1, 0.15) is 11.6 Å². The number of aromatic nitrogens is 2. The number of anilines is 3. The van der Waals surface area contributed by atoms with Crippen molar-refractivity contribution in [3.8, 4) is 0 Å². The summed E-state index contributed by atoms with van der Waals surface area (Å²) in [5.41, 5.74) is 3.73. The highest BCUT2D eigenvalue weighted by Crippen LogP contribution is 2.26. The van der Waals surface area contributed by atoms with Crippen LogP contribution in [0.2, 0.25) is 0 Å². The monoisotopic (exact) mass is 322 g/mol. The molecule has 0 unspecified atom stereocenters. The van der Waals surface area contributed by atoms with Gasteiger partial charge in [0, 0.05) is 11.9 Å². The van der Waals surface area contributed by atoms with Crippen LogP contribution in [0.15, 0.2) is 53.3 Å². The molecule has 5 heteroatoms. The van der Waals surface area contributed by atoms with Gasteiger partial charge in [0.05, 0.1) is 12.8 Å². The predicted octanol–water partition coefficient (Wildman–Crippen LogP) is 4.55. The minimum Gasteiger partial charge on any atom is -0.467 e. The minimum atomic E-state index is 0.558. The molecule has 0 radical (unpaired) electrons. The Kier molecular flexibility index (Phi) is 5.11. The molecule has 2 N–H and O–H groups in total. The second kappa shape index (κ2) is 7.64. The second-order valence-electron chi connectivity index (χ2n) is 5.48. The van der Waals surface area contributed by atoms with Crippen molar-refractivity contribution in [2.75, 3.05) is 10.6 Å². The summed E-state index contributed by atoms with van der Waals surface area (Å²) in [6.07, 6.45) is 5.36. The van der Waals surface area contributed by atoms with Crippen molar-refractivity contribution in [2.24, 2.45) is 0 Å². The molecule has 0 amide bonds. The highest BCUT2D eigenvalue weighted by Gasteiger charge is 2.08. The summed E-state index contributed by atoms with van der Waals surface area (Å²) in [5.74, 6) is 2.20. The third-order valence-electron chi connectivity index (χ3n) is 3.91. The molecule has 0 saturated carbocycles. The zero-order chi connectivity index (χ0) is 16.8. The van der Waals surface area contributed by atoms with Gasteiger partial charge < -0.3 is 15.1 Å². The number of hydrogen-bond acceptors (Lipinski definition) is 5. The molecule has 5 nitrogen and oxygen atoms in total. The third-order valence-corrected chi connectivity index (χ3v) is 3.91. The second-order valence-corrected chi connectivity index (χ2v) is 5.48. The van der Waals surface area contributed by atoms with Crippen LogP contribution >= 0.6 is 0 Å². The van der Waals surface area contributed by atoms with E-state index in [-0.39, 0.29) is 0 Å². The van der Waals surface area contributed by atoms with Crippen LogP contribution in [0.5, 0.6) is 0 Å². The third kappa shape index (κ3) is 3.74. The van der Waals surface area contributed by atoms with Gasteiger partial charge in [0.25, 0.3) is 0 Å². The molecule has 124 valence electrons. The van der Waals surface area contributed by atoms with Crippen LogP contribution in [0.1, 0.15) is 30.7 Å². The smallest absolute Gasteiger partial charge is 0.224 e. The number of aryl methyl sites for hydroxylation is 2. The summed E-state index contributed by atoms with van der Waals surface area (Å²) in [5, 5.41) is 6.64. The van der Waals surface area contributed by atoms with Crippen LogP contribution in [0.25, 0.3) is 0 Å². The van der Waals surface area contributed by atoms with Gasteiger partial charge in [-0.05, 0) is 42.2 Å². The molecule has 0 aliphatic rings. The Morgan fingerprint density at radius 1 is 1.00 bits per heavy atom. The first-order valence-corrected chi connectivity index (χ1v) is 8.27. The number of furan rings is 1. The number of benzene rings is 1. The summed E-state index contributed by atoms with van der Waals surface area (Å²) in [6.45, 7) is 4.88. The van der Waals surface area contributed by atoms with Crippen LogP contribution in [-0.2, 0) is 19.4 Å². The summed E-state index contributed by atoms with van der Waals surface area (Å²) < 4.78 is 5.31. The van der Waals surface area contributed by atoms with E-state index >= 15 is 0 Å². The Morgan fingerprint density at radius 2 is 1.79 bits per heavy atom. The van der Waals surface area contributed by atoms with E-state index in [9.17, 15) is 0 Å². The van der Waals surface area contributed by atoms with E-state index in [1.165, 1.54) is 11.1 Å². The van der Waals surface area contributed by atoms with Gasteiger partial charge in [-0.25, -0.2) is 4.98 Å². The topological polar surface area (TPSA) is 63.0 Å². The van der Waals surface area contributed by atoms with Crippen LogP contribution in [0.3, 0.4) is 0 Å². The fraction of sp³-hybridized carbons (Fsp3) is 0.263. The maximum Gasteiger partial charge on any atom is 0.224 e. The Bertz CT molecular complexity index is 762. The van der Waals surface area contributed by atoms with E-state index in [1.54, 1.807) is 12.5 Å². The van der Waals surface area contributed by atoms with Crippen molar-refractivity contribution in [1.29, 1.82) is 0 Å². The Morgan fingerprint density at radius 3 is 2.46 bits per heavy atom. The van der Waals surface area contributed by atoms with Gasteiger partial charge in [-0.15, -0.1) is 0 Å². The van der Waals surface area contributed by atoms with E-state index < -0.39 is 0 Å². The number of rotatable bonds is 7. The van der Waals surface area contributed by atoms with Crippen LogP contribution < -0.4 is 10.6 Å². The molecule has 0 bridgehead atoms. The fourth-order valence-electron chi connectivity index (χ4n) is 2.62. The normalized spacial score (nSPS) is 10.6. The lowest BCUT2D eigenvalue weighted by Crippen LogP contribution is -2.06. The quantitative estimate of drug-likeness (QED) is 0.668. The van der Waals surface area contributed by atoms with E-state index in [0.29, 0.717) is 12.5 Å². The Balaban J connectivity index is 1.77.